The first-order valence-electron chi connectivity index (χ1n) is 12.5. The zero-order valence-corrected chi connectivity index (χ0v) is 21.3. The monoisotopic (exact) mass is 512 g/mol. The molecule has 1 saturated heterocycles. The van der Waals surface area contributed by atoms with Gasteiger partial charge in [-0.15, -0.1) is 0 Å². The SMILES string of the molecule is [B]C(CCC=O)(C(=O)NC)N1C(=O)c2cccc(NCc3ccc(CN4CCOCC4)cc3F)c2C1([B])[B]. The van der Waals surface area contributed by atoms with E-state index in [0.29, 0.717) is 37.3 Å². The van der Waals surface area contributed by atoms with E-state index in [9.17, 15) is 18.8 Å². The summed E-state index contributed by atoms with van der Waals surface area (Å²) in [5, 5.41) is 3.57. The molecule has 2 heterocycles. The van der Waals surface area contributed by atoms with Crippen LogP contribution in [0.2, 0.25) is 0 Å². The largest absolute Gasteiger partial charge is 0.381 e. The van der Waals surface area contributed by atoms with E-state index in [4.69, 9.17) is 28.3 Å². The van der Waals surface area contributed by atoms with Gasteiger partial charge in [0.05, 0.1) is 34.3 Å². The minimum Gasteiger partial charge on any atom is -0.381 e. The second-order valence-corrected chi connectivity index (χ2v) is 9.57. The second kappa shape index (κ2) is 11.3. The zero-order valence-electron chi connectivity index (χ0n) is 21.3. The van der Waals surface area contributed by atoms with Crippen LogP contribution in [0.4, 0.5) is 10.1 Å². The maximum absolute atomic E-state index is 15.0. The van der Waals surface area contributed by atoms with Gasteiger partial charge in [-0.2, -0.15) is 0 Å². The lowest BCUT2D eigenvalue weighted by Crippen LogP contribution is -2.65. The average molecular weight is 512 g/mol. The molecule has 1 unspecified atom stereocenters. The highest BCUT2D eigenvalue weighted by Crippen LogP contribution is 2.44. The Morgan fingerprint density at radius 2 is 1.97 bits per heavy atom. The van der Waals surface area contributed by atoms with Crippen LogP contribution in [0.1, 0.15) is 39.9 Å². The lowest BCUT2D eigenvalue weighted by Gasteiger charge is -2.47. The van der Waals surface area contributed by atoms with Crippen molar-refractivity contribution in [2.24, 2.45) is 0 Å². The Morgan fingerprint density at radius 3 is 2.63 bits per heavy atom. The van der Waals surface area contributed by atoms with Gasteiger partial charge in [0.15, 0.2) is 0 Å². The van der Waals surface area contributed by atoms with Gasteiger partial charge in [-0.1, -0.05) is 18.2 Å². The van der Waals surface area contributed by atoms with Gasteiger partial charge >= 0.3 is 0 Å². The zero-order chi connectivity index (χ0) is 27.5. The van der Waals surface area contributed by atoms with Gasteiger partial charge in [0.25, 0.3) is 5.91 Å². The molecule has 0 saturated carbocycles. The third-order valence-electron chi connectivity index (χ3n) is 7.03. The molecule has 0 aromatic heterocycles. The topological polar surface area (TPSA) is 91.0 Å². The highest BCUT2D eigenvalue weighted by molar-refractivity contribution is 6.45. The quantitative estimate of drug-likeness (QED) is 0.362. The smallest absolute Gasteiger partial charge is 0.253 e. The number of hydrogen-bond donors (Lipinski definition) is 2. The van der Waals surface area contributed by atoms with Gasteiger partial charge in [-0.25, -0.2) is 4.39 Å². The molecule has 4 rings (SSSR count). The molecular formula is C26H28B3FN4O4. The Labute approximate surface area is 225 Å². The van der Waals surface area contributed by atoms with E-state index in [0.717, 1.165) is 23.6 Å². The molecule has 1 atom stereocenters. The lowest BCUT2D eigenvalue weighted by atomic mass is 9.54. The van der Waals surface area contributed by atoms with Gasteiger partial charge in [-0.05, 0) is 41.1 Å². The molecule has 0 bridgehead atoms. The van der Waals surface area contributed by atoms with E-state index < -0.39 is 22.6 Å². The normalized spacial score (nSPS) is 18.5. The standard InChI is InChI=1S/C26H28B3FN4O4/c1-31-24(37)25(27,8-3-11-35)34-23(36)19-4-2-5-21(22(19)26(34,28)29)32-15-18-7-6-17(14-20(18)30)16-33-9-12-38-13-10-33/h2,4-7,11,14,32H,3,8-10,12-13,15-16H2,1H3,(H,31,37). The molecule has 1 fully saturated rings. The van der Waals surface area contributed by atoms with Gasteiger partial charge in [-0.3, -0.25) is 14.5 Å². The molecule has 2 aliphatic heterocycles. The van der Waals surface area contributed by atoms with Crippen LogP contribution in [0.15, 0.2) is 36.4 Å². The molecule has 38 heavy (non-hydrogen) atoms. The molecule has 6 radical (unpaired) electrons. The number of rotatable bonds is 10. The number of nitrogens with zero attached hydrogens (tertiary/aromatic N) is 2. The first-order valence-corrected chi connectivity index (χ1v) is 12.5. The van der Waals surface area contributed by atoms with Gasteiger partial charge in [0.1, 0.15) is 19.9 Å². The number of benzene rings is 2. The van der Waals surface area contributed by atoms with Crippen LogP contribution in [0.3, 0.4) is 0 Å². The predicted molar refractivity (Wildman–Crippen MR) is 143 cm³/mol. The summed E-state index contributed by atoms with van der Waals surface area (Å²) in [4.78, 5) is 40.4. The Morgan fingerprint density at radius 1 is 1.24 bits per heavy atom. The number of amides is 2. The van der Waals surface area contributed by atoms with Gasteiger partial charge < -0.3 is 25.1 Å². The van der Waals surface area contributed by atoms with E-state index in [1.165, 1.54) is 19.2 Å². The predicted octanol–water partition coefficient (Wildman–Crippen LogP) is 0.763. The summed E-state index contributed by atoms with van der Waals surface area (Å²) in [5.74, 6) is -1.73. The second-order valence-electron chi connectivity index (χ2n) is 9.57. The molecule has 0 spiro atoms. The van der Waals surface area contributed by atoms with Crippen molar-refractivity contribution in [3.05, 3.63) is 64.5 Å². The maximum atomic E-state index is 15.0. The summed E-state index contributed by atoms with van der Waals surface area (Å²) in [7, 11) is 20.7. The van der Waals surface area contributed by atoms with Crippen LogP contribution in [0.25, 0.3) is 0 Å². The first kappa shape index (κ1) is 27.9. The van der Waals surface area contributed by atoms with E-state index in [2.05, 4.69) is 15.5 Å². The van der Waals surface area contributed by atoms with Crippen LogP contribution in [-0.4, -0.2) is 90.2 Å². The van der Waals surface area contributed by atoms with Crippen molar-refractivity contribution < 1.29 is 23.5 Å². The highest BCUT2D eigenvalue weighted by Gasteiger charge is 2.53. The Balaban J connectivity index is 1.57. The number of fused-ring (bicyclic) bond motifs is 1. The number of nitrogens with one attached hydrogen (secondary N) is 2. The minimum absolute atomic E-state index is 0.0912. The third-order valence-corrected chi connectivity index (χ3v) is 7.03. The number of halogens is 1. The van der Waals surface area contributed by atoms with Crippen molar-refractivity contribution in [3.8, 4) is 0 Å². The molecular weight excluding hydrogens is 484 g/mol. The van der Waals surface area contributed by atoms with Crippen LogP contribution >= 0.6 is 0 Å². The van der Waals surface area contributed by atoms with Crippen LogP contribution in [0, 0.1) is 5.82 Å². The van der Waals surface area contributed by atoms with Crippen molar-refractivity contribution in [1.29, 1.82) is 0 Å². The van der Waals surface area contributed by atoms with Crippen LogP contribution in [0.5, 0.6) is 0 Å². The molecule has 8 nitrogen and oxygen atoms in total. The van der Waals surface area contributed by atoms with Crippen molar-refractivity contribution in [2.45, 2.75) is 36.7 Å². The molecule has 0 aliphatic carbocycles. The molecule has 2 N–H and O–H groups in total. The number of carbonyl (C=O) groups excluding carboxylic acids is 3. The number of ether oxygens (including phenoxy) is 1. The molecule has 12 heteroatoms. The van der Waals surface area contributed by atoms with E-state index in [-0.39, 0.29) is 36.3 Å². The number of carbonyl (C=O) groups is 3. The fraction of sp³-hybridized carbons (Fsp3) is 0.423. The van der Waals surface area contributed by atoms with Crippen molar-refractivity contribution in [3.63, 3.8) is 0 Å². The van der Waals surface area contributed by atoms with E-state index in [1.807, 2.05) is 6.07 Å². The van der Waals surface area contributed by atoms with Crippen LogP contribution < -0.4 is 10.6 Å². The minimum atomic E-state index is -1.99. The number of anilines is 1. The van der Waals surface area contributed by atoms with E-state index in [1.54, 1.807) is 18.2 Å². The Bertz CT molecular complexity index is 1220. The molecule has 2 amide bonds. The molecule has 2 aromatic carbocycles. The Hall–Kier alpha value is -3.11. The summed E-state index contributed by atoms with van der Waals surface area (Å²) in [6.45, 7) is 3.68. The van der Waals surface area contributed by atoms with Gasteiger partial charge in [0, 0.05) is 56.5 Å². The average Bonchev–Trinajstić information content (AvgIpc) is 3.12. The number of likely N-dealkylation sites (N-methyl/N-ethyl adjacent to an activating group) is 1. The molecule has 2 aliphatic rings. The number of aldehydes is 1. The fourth-order valence-corrected chi connectivity index (χ4v) is 5.08. The molecule has 2 aromatic rings. The first-order chi connectivity index (χ1) is 18.1. The van der Waals surface area contributed by atoms with Crippen LogP contribution in [-0.2, 0) is 32.8 Å². The lowest BCUT2D eigenvalue weighted by molar-refractivity contribution is -0.128. The van der Waals surface area contributed by atoms with Crippen molar-refractivity contribution in [2.75, 3.05) is 38.7 Å². The van der Waals surface area contributed by atoms with E-state index >= 15 is 0 Å². The summed E-state index contributed by atoms with van der Waals surface area (Å²) < 4.78 is 20.3. The fourth-order valence-electron chi connectivity index (χ4n) is 5.08. The number of hydrogen-bond acceptors (Lipinski definition) is 6. The summed E-state index contributed by atoms with van der Waals surface area (Å²) in [5.41, 5.74) is 0.0788. The molecule has 192 valence electrons. The summed E-state index contributed by atoms with van der Waals surface area (Å²) in [6, 6.07) is 9.94. The maximum Gasteiger partial charge on any atom is 0.253 e. The Kier molecular flexibility index (Phi) is 8.32. The van der Waals surface area contributed by atoms with Gasteiger partial charge in [0.2, 0.25) is 5.91 Å². The third kappa shape index (κ3) is 5.24. The summed E-state index contributed by atoms with van der Waals surface area (Å²) >= 11 is 0. The van der Waals surface area contributed by atoms with Crippen molar-refractivity contribution in [1.82, 2.24) is 15.1 Å². The van der Waals surface area contributed by atoms with Crippen molar-refractivity contribution >= 4 is 47.3 Å². The summed E-state index contributed by atoms with van der Waals surface area (Å²) in [6.07, 6.45) is 0.323. The number of morpholine rings is 1. The highest BCUT2D eigenvalue weighted by atomic mass is 19.1.